The van der Waals surface area contributed by atoms with Crippen molar-refractivity contribution in [3.63, 3.8) is 0 Å². The van der Waals surface area contributed by atoms with E-state index < -0.39 is 27.6 Å². The minimum Gasteiger partial charge on any atom is -0.481 e. The maximum atomic E-state index is 11.6. The Bertz CT molecular complexity index is 561. The molecule has 1 heterocycles. The van der Waals surface area contributed by atoms with Gasteiger partial charge < -0.3 is 10.4 Å². The van der Waals surface area contributed by atoms with Gasteiger partial charge in [-0.1, -0.05) is 6.92 Å². The van der Waals surface area contributed by atoms with Crippen LogP contribution in [0.5, 0.6) is 0 Å². The number of hydrogen-bond donors (Lipinski definition) is 2. The number of nitrogens with one attached hydrogen (secondary N) is 1. The van der Waals surface area contributed by atoms with Crippen molar-refractivity contribution in [3.8, 4) is 0 Å². The van der Waals surface area contributed by atoms with Crippen LogP contribution in [0.2, 0.25) is 0 Å². The smallest absolute Gasteiger partial charge is 0.308 e. The van der Waals surface area contributed by atoms with Gasteiger partial charge >= 0.3 is 5.97 Å². The maximum Gasteiger partial charge on any atom is 0.308 e. The number of carboxylic acids is 1. The zero-order chi connectivity index (χ0) is 13.9. The summed E-state index contributed by atoms with van der Waals surface area (Å²) in [5, 5.41) is 12.5. The number of carboxylic acid groups (broad SMARTS) is 1. The van der Waals surface area contributed by atoms with Crippen molar-refractivity contribution >= 4 is 33.1 Å². The summed E-state index contributed by atoms with van der Waals surface area (Å²) in [6.45, 7) is 1.47. The lowest BCUT2D eigenvalue weighted by Gasteiger charge is -2.06. The molecule has 1 atom stereocenters. The summed E-state index contributed by atoms with van der Waals surface area (Å²) in [7, 11) is -3.32. The molecule has 1 aromatic heterocycles. The predicted molar refractivity (Wildman–Crippen MR) is 66.6 cm³/mol. The molecule has 1 amide bonds. The number of carbonyl (C=O) groups is 2. The zero-order valence-corrected chi connectivity index (χ0v) is 11.5. The van der Waals surface area contributed by atoms with Crippen LogP contribution in [0.25, 0.3) is 0 Å². The molecule has 1 rings (SSSR count). The van der Waals surface area contributed by atoms with Gasteiger partial charge in [0.05, 0.1) is 11.5 Å². The van der Waals surface area contributed by atoms with E-state index in [0.717, 1.165) is 17.6 Å². The Morgan fingerprint density at radius 3 is 2.56 bits per heavy atom. The molecule has 0 aliphatic heterocycles. The van der Waals surface area contributed by atoms with Gasteiger partial charge in [-0.25, -0.2) is 8.42 Å². The van der Waals surface area contributed by atoms with Crippen molar-refractivity contribution in [1.82, 2.24) is 5.32 Å². The monoisotopic (exact) mass is 291 g/mol. The highest BCUT2D eigenvalue weighted by Crippen LogP contribution is 2.19. The Balaban J connectivity index is 2.69. The highest BCUT2D eigenvalue weighted by molar-refractivity contribution is 7.92. The standard InChI is InChI=1S/C10H13NO5S2/c1-6(10(13)14)4-11-9(12)7-3-8(17-5-7)18(2,15)16/h3,5-6H,4H2,1-2H3,(H,11,12)(H,13,14). The molecule has 1 unspecified atom stereocenters. The first kappa shape index (κ1) is 14.7. The minimum atomic E-state index is -3.32. The lowest BCUT2D eigenvalue weighted by molar-refractivity contribution is -0.140. The summed E-state index contributed by atoms with van der Waals surface area (Å²) >= 11 is 0.960. The van der Waals surface area contributed by atoms with Crippen molar-refractivity contribution in [2.75, 3.05) is 12.8 Å². The molecule has 0 fully saturated rings. The Kier molecular flexibility index (Phi) is 4.47. The average Bonchev–Trinajstić information content (AvgIpc) is 2.73. The molecule has 0 aliphatic rings. The van der Waals surface area contributed by atoms with Gasteiger partial charge in [0, 0.05) is 18.2 Å². The topological polar surface area (TPSA) is 101 Å². The second kappa shape index (κ2) is 5.49. The molecule has 0 bridgehead atoms. The third-order valence-electron chi connectivity index (χ3n) is 2.19. The molecular formula is C10H13NO5S2. The SMILES string of the molecule is CC(CNC(=O)c1csc(S(C)(=O)=O)c1)C(=O)O. The summed E-state index contributed by atoms with van der Waals surface area (Å²) in [4.78, 5) is 22.2. The maximum absolute atomic E-state index is 11.6. The molecule has 18 heavy (non-hydrogen) atoms. The Morgan fingerprint density at radius 2 is 2.11 bits per heavy atom. The molecule has 8 heteroatoms. The van der Waals surface area contributed by atoms with E-state index in [9.17, 15) is 18.0 Å². The molecule has 0 saturated carbocycles. The first-order valence-electron chi connectivity index (χ1n) is 5.01. The van der Waals surface area contributed by atoms with E-state index in [2.05, 4.69) is 5.32 Å². The van der Waals surface area contributed by atoms with Gasteiger partial charge in [-0.3, -0.25) is 9.59 Å². The van der Waals surface area contributed by atoms with Crippen molar-refractivity contribution in [3.05, 3.63) is 17.0 Å². The molecule has 6 nitrogen and oxygen atoms in total. The van der Waals surface area contributed by atoms with E-state index >= 15 is 0 Å². The van der Waals surface area contributed by atoms with Crippen LogP contribution in [-0.4, -0.2) is 38.2 Å². The third-order valence-corrected chi connectivity index (χ3v) is 4.96. The van der Waals surface area contributed by atoms with E-state index in [0.29, 0.717) is 0 Å². The molecule has 0 spiro atoms. The van der Waals surface area contributed by atoms with Gasteiger partial charge in [0.1, 0.15) is 4.21 Å². The lowest BCUT2D eigenvalue weighted by atomic mass is 10.2. The quantitative estimate of drug-likeness (QED) is 0.827. The largest absolute Gasteiger partial charge is 0.481 e. The van der Waals surface area contributed by atoms with Gasteiger partial charge in [0.15, 0.2) is 9.84 Å². The van der Waals surface area contributed by atoms with E-state index in [1.54, 1.807) is 0 Å². The first-order chi connectivity index (χ1) is 8.21. The number of aliphatic carboxylic acids is 1. The Hall–Kier alpha value is -1.41. The fourth-order valence-corrected chi connectivity index (χ4v) is 2.86. The third kappa shape index (κ3) is 3.81. The minimum absolute atomic E-state index is 0.00176. The summed E-state index contributed by atoms with van der Waals surface area (Å²) in [5.74, 6) is -2.17. The van der Waals surface area contributed by atoms with Crippen molar-refractivity contribution in [2.24, 2.45) is 5.92 Å². The van der Waals surface area contributed by atoms with Crippen LogP contribution in [0, 0.1) is 5.92 Å². The normalized spacial score (nSPS) is 13.0. The highest BCUT2D eigenvalue weighted by Gasteiger charge is 2.16. The number of rotatable bonds is 5. The summed E-state index contributed by atoms with van der Waals surface area (Å²) in [6.07, 6.45) is 1.06. The first-order valence-corrected chi connectivity index (χ1v) is 7.78. The van der Waals surface area contributed by atoms with Crippen LogP contribution in [-0.2, 0) is 14.6 Å². The second-order valence-electron chi connectivity index (χ2n) is 3.88. The van der Waals surface area contributed by atoms with E-state index in [-0.39, 0.29) is 16.3 Å². The number of sulfone groups is 1. The van der Waals surface area contributed by atoms with Gasteiger partial charge in [-0.15, -0.1) is 11.3 Å². The Labute approximate surface area is 109 Å². The van der Waals surface area contributed by atoms with Crippen LogP contribution >= 0.6 is 11.3 Å². The van der Waals surface area contributed by atoms with E-state index in [4.69, 9.17) is 5.11 Å². The summed E-state index contributed by atoms with van der Waals surface area (Å²) < 4.78 is 22.6. The van der Waals surface area contributed by atoms with Crippen molar-refractivity contribution < 1.29 is 23.1 Å². The summed E-state index contributed by atoms with van der Waals surface area (Å²) in [6, 6.07) is 1.28. The van der Waals surface area contributed by atoms with E-state index in [1.165, 1.54) is 18.4 Å². The number of hydrogen-bond acceptors (Lipinski definition) is 5. The fourth-order valence-electron chi connectivity index (χ4n) is 1.07. The molecule has 2 N–H and O–H groups in total. The lowest BCUT2D eigenvalue weighted by Crippen LogP contribution is -2.31. The van der Waals surface area contributed by atoms with Gasteiger partial charge in [-0.2, -0.15) is 0 Å². The number of carbonyl (C=O) groups excluding carboxylic acids is 1. The molecular weight excluding hydrogens is 278 g/mol. The van der Waals surface area contributed by atoms with Crippen LogP contribution < -0.4 is 5.32 Å². The van der Waals surface area contributed by atoms with Crippen LogP contribution in [0.15, 0.2) is 15.7 Å². The molecule has 0 saturated heterocycles. The Morgan fingerprint density at radius 1 is 1.50 bits per heavy atom. The molecule has 0 radical (unpaired) electrons. The zero-order valence-electron chi connectivity index (χ0n) is 9.84. The van der Waals surface area contributed by atoms with Crippen molar-refractivity contribution in [2.45, 2.75) is 11.1 Å². The molecule has 0 aliphatic carbocycles. The number of amides is 1. The second-order valence-corrected chi connectivity index (χ2v) is 7.03. The average molecular weight is 291 g/mol. The van der Waals surface area contributed by atoms with Crippen LogP contribution in [0.3, 0.4) is 0 Å². The molecule has 100 valence electrons. The van der Waals surface area contributed by atoms with Gasteiger partial charge in [0.2, 0.25) is 0 Å². The molecule has 0 aromatic carbocycles. The number of thiophene rings is 1. The van der Waals surface area contributed by atoms with Crippen LogP contribution in [0.1, 0.15) is 17.3 Å². The van der Waals surface area contributed by atoms with Gasteiger partial charge in [0.25, 0.3) is 5.91 Å². The van der Waals surface area contributed by atoms with E-state index in [1.807, 2.05) is 0 Å². The van der Waals surface area contributed by atoms with Gasteiger partial charge in [-0.05, 0) is 6.07 Å². The molecule has 1 aromatic rings. The highest BCUT2D eigenvalue weighted by atomic mass is 32.2. The fraction of sp³-hybridized carbons (Fsp3) is 0.400. The van der Waals surface area contributed by atoms with Crippen LogP contribution in [0.4, 0.5) is 0 Å². The van der Waals surface area contributed by atoms with Crippen molar-refractivity contribution in [1.29, 1.82) is 0 Å². The predicted octanol–water partition coefficient (Wildman–Crippen LogP) is 0.602. The summed E-state index contributed by atoms with van der Waals surface area (Å²) in [5.41, 5.74) is 0.220.